The van der Waals surface area contributed by atoms with Gasteiger partial charge in [0.2, 0.25) is 0 Å². The summed E-state index contributed by atoms with van der Waals surface area (Å²) in [7, 11) is 0. The molecule has 0 saturated carbocycles. The minimum atomic E-state index is -0.365. The number of imide groups is 1. The van der Waals surface area contributed by atoms with Crippen molar-refractivity contribution < 1.29 is 9.59 Å². The fourth-order valence-electron chi connectivity index (χ4n) is 3.31. The lowest BCUT2D eigenvalue weighted by Gasteiger charge is -2.23. The van der Waals surface area contributed by atoms with Crippen molar-refractivity contribution in [1.82, 2.24) is 10.3 Å². The van der Waals surface area contributed by atoms with Crippen LogP contribution >= 0.6 is 0 Å². The normalized spacial score (nSPS) is 14.3. The molecule has 124 valence electrons. The second-order valence-electron chi connectivity index (χ2n) is 5.83. The zero-order valence-electron chi connectivity index (χ0n) is 13.7. The average Bonchev–Trinajstić information content (AvgIpc) is 3.17. The number of anilines is 1. The Labute approximate surface area is 145 Å². The molecular weight excluding hydrogens is 314 g/mol. The first-order valence-corrected chi connectivity index (χ1v) is 8.19. The molecule has 25 heavy (non-hydrogen) atoms. The molecule has 2 heterocycles. The van der Waals surface area contributed by atoms with Crippen molar-refractivity contribution in [2.75, 3.05) is 11.4 Å². The summed E-state index contributed by atoms with van der Waals surface area (Å²) in [6.45, 7) is 2.54. The number of aromatic amines is 1. The predicted octanol–water partition coefficient (Wildman–Crippen LogP) is 3.06. The molecule has 1 aliphatic heterocycles. The number of hydrogen-bond donors (Lipinski definition) is 2. The number of hydrogen-bond acceptors (Lipinski definition) is 3. The molecule has 2 aromatic carbocycles. The first-order chi connectivity index (χ1) is 12.2. The van der Waals surface area contributed by atoms with Crippen molar-refractivity contribution in [2.45, 2.75) is 6.92 Å². The Morgan fingerprint density at radius 1 is 0.920 bits per heavy atom. The molecule has 0 spiro atoms. The lowest BCUT2D eigenvalue weighted by molar-refractivity contribution is -0.123. The second-order valence-corrected chi connectivity index (χ2v) is 5.83. The van der Waals surface area contributed by atoms with E-state index >= 15 is 0 Å². The van der Waals surface area contributed by atoms with Gasteiger partial charge in [0.1, 0.15) is 5.70 Å². The molecule has 1 aliphatic rings. The summed E-state index contributed by atoms with van der Waals surface area (Å²) in [6, 6.07) is 17.4. The van der Waals surface area contributed by atoms with E-state index in [1.807, 2.05) is 66.4 Å². The fourth-order valence-corrected chi connectivity index (χ4v) is 3.31. The van der Waals surface area contributed by atoms with Crippen LogP contribution in [0.4, 0.5) is 5.69 Å². The zero-order chi connectivity index (χ0) is 17.4. The van der Waals surface area contributed by atoms with Crippen LogP contribution in [0.2, 0.25) is 0 Å². The third-order valence-electron chi connectivity index (χ3n) is 4.42. The molecule has 0 unspecified atom stereocenters. The van der Waals surface area contributed by atoms with Gasteiger partial charge in [-0.1, -0.05) is 36.4 Å². The number of para-hydroxylation sites is 2. The molecule has 0 atom stereocenters. The van der Waals surface area contributed by atoms with E-state index in [9.17, 15) is 9.59 Å². The maximum absolute atomic E-state index is 12.6. The summed E-state index contributed by atoms with van der Waals surface area (Å²) in [6.07, 6.45) is 1.79. The number of amides is 2. The summed E-state index contributed by atoms with van der Waals surface area (Å²) in [5, 5.41) is 3.37. The van der Waals surface area contributed by atoms with Crippen molar-refractivity contribution in [3.63, 3.8) is 0 Å². The predicted molar refractivity (Wildman–Crippen MR) is 97.8 cm³/mol. The van der Waals surface area contributed by atoms with Gasteiger partial charge in [-0.15, -0.1) is 0 Å². The van der Waals surface area contributed by atoms with E-state index in [2.05, 4.69) is 10.3 Å². The maximum atomic E-state index is 12.6. The van der Waals surface area contributed by atoms with Crippen LogP contribution in [0.1, 0.15) is 12.5 Å². The summed E-state index contributed by atoms with van der Waals surface area (Å²) in [5.41, 5.74) is 3.35. The van der Waals surface area contributed by atoms with Crippen LogP contribution in [-0.4, -0.2) is 23.3 Å². The highest BCUT2D eigenvalue weighted by Gasteiger charge is 2.35. The number of carbonyl (C=O) groups is 2. The van der Waals surface area contributed by atoms with Gasteiger partial charge in [0.25, 0.3) is 11.8 Å². The highest BCUT2D eigenvalue weighted by Crippen LogP contribution is 2.33. The van der Waals surface area contributed by atoms with Gasteiger partial charge in [-0.2, -0.15) is 0 Å². The van der Waals surface area contributed by atoms with E-state index in [-0.39, 0.29) is 11.8 Å². The van der Waals surface area contributed by atoms with Gasteiger partial charge in [0, 0.05) is 34.9 Å². The highest BCUT2D eigenvalue weighted by atomic mass is 16.2. The highest BCUT2D eigenvalue weighted by molar-refractivity contribution is 6.38. The number of carbonyl (C=O) groups excluding carboxylic acids is 2. The average molecular weight is 331 g/mol. The van der Waals surface area contributed by atoms with E-state index in [0.29, 0.717) is 17.8 Å². The Hall–Kier alpha value is -3.34. The van der Waals surface area contributed by atoms with E-state index in [4.69, 9.17) is 0 Å². The van der Waals surface area contributed by atoms with E-state index in [1.54, 1.807) is 6.20 Å². The van der Waals surface area contributed by atoms with Crippen LogP contribution in [0.25, 0.3) is 16.5 Å². The Kier molecular flexibility index (Phi) is 3.61. The fraction of sp³-hybridized carbons (Fsp3) is 0.100. The van der Waals surface area contributed by atoms with Crippen LogP contribution in [0.15, 0.2) is 66.5 Å². The van der Waals surface area contributed by atoms with Crippen molar-refractivity contribution in [3.8, 4) is 0 Å². The number of fused-ring (bicyclic) bond motifs is 1. The SMILES string of the molecule is CCN(C1=C(c2c[nH]c3ccccc23)C(=O)NC1=O)c1ccccc1. The molecule has 0 fully saturated rings. The minimum Gasteiger partial charge on any atom is -0.361 e. The topological polar surface area (TPSA) is 65.2 Å². The van der Waals surface area contributed by atoms with Crippen LogP contribution in [0, 0.1) is 0 Å². The number of nitrogens with zero attached hydrogens (tertiary/aromatic N) is 1. The molecular formula is C20H17N3O2. The maximum Gasteiger partial charge on any atom is 0.275 e. The molecule has 5 nitrogen and oxygen atoms in total. The van der Waals surface area contributed by atoms with Crippen molar-refractivity contribution in [3.05, 3.63) is 72.1 Å². The van der Waals surface area contributed by atoms with E-state index in [0.717, 1.165) is 22.2 Å². The molecule has 2 N–H and O–H groups in total. The number of likely N-dealkylation sites (N-methyl/N-ethyl adjacent to an activating group) is 1. The van der Waals surface area contributed by atoms with Gasteiger partial charge in [0.15, 0.2) is 0 Å². The van der Waals surface area contributed by atoms with Crippen LogP contribution in [0.5, 0.6) is 0 Å². The second kappa shape index (κ2) is 5.94. The zero-order valence-corrected chi connectivity index (χ0v) is 13.7. The Balaban J connectivity index is 1.95. The molecule has 0 saturated heterocycles. The lowest BCUT2D eigenvalue weighted by Crippen LogP contribution is -2.30. The Morgan fingerprint density at radius 3 is 2.40 bits per heavy atom. The third-order valence-corrected chi connectivity index (χ3v) is 4.42. The molecule has 3 aromatic rings. The summed E-state index contributed by atoms with van der Waals surface area (Å²) in [4.78, 5) is 30.2. The summed E-state index contributed by atoms with van der Waals surface area (Å²) < 4.78 is 0. The monoisotopic (exact) mass is 331 g/mol. The van der Waals surface area contributed by atoms with Gasteiger partial charge in [-0.3, -0.25) is 14.9 Å². The summed E-state index contributed by atoms with van der Waals surface area (Å²) in [5.74, 6) is -0.727. The number of benzene rings is 2. The van der Waals surface area contributed by atoms with E-state index in [1.165, 1.54) is 0 Å². The number of H-pyrrole nitrogens is 1. The summed E-state index contributed by atoms with van der Waals surface area (Å²) >= 11 is 0. The van der Waals surface area contributed by atoms with Gasteiger partial charge < -0.3 is 9.88 Å². The first kappa shape index (κ1) is 15.2. The molecule has 1 aromatic heterocycles. The molecule has 0 bridgehead atoms. The molecule has 4 rings (SSSR count). The Bertz CT molecular complexity index is 1000. The number of rotatable bonds is 4. The van der Waals surface area contributed by atoms with Gasteiger partial charge in [0.05, 0.1) is 5.57 Å². The number of aromatic nitrogens is 1. The smallest absolute Gasteiger partial charge is 0.275 e. The lowest BCUT2D eigenvalue weighted by atomic mass is 10.0. The standard InChI is InChI=1S/C20H17N3O2/c1-2-23(13-8-4-3-5-9-13)18-17(19(24)22-20(18)25)15-12-21-16-11-7-6-10-14(15)16/h3-12,21H,2H2,1H3,(H,22,24,25). The van der Waals surface area contributed by atoms with Crippen LogP contribution in [-0.2, 0) is 9.59 Å². The van der Waals surface area contributed by atoms with Crippen molar-refractivity contribution >= 4 is 34.0 Å². The van der Waals surface area contributed by atoms with Crippen molar-refractivity contribution in [1.29, 1.82) is 0 Å². The molecule has 0 radical (unpaired) electrons. The molecule has 2 amide bonds. The number of nitrogens with one attached hydrogen (secondary N) is 2. The molecule has 5 heteroatoms. The van der Waals surface area contributed by atoms with Gasteiger partial charge in [-0.25, -0.2) is 0 Å². The third kappa shape index (κ3) is 2.41. The quantitative estimate of drug-likeness (QED) is 0.722. The largest absolute Gasteiger partial charge is 0.361 e. The van der Waals surface area contributed by atoms with Crippen LogP contribution < -0.4 is 10.2 Å². The first-order valence-electron chi connectivity index (χ1n) is 8.19. The molecule has 0 aliphatic carbocycles. The van der Waals surface area contributed by atoms with E-state index < -0.39 is 0 Å². The van der Waals surface area contributed by atoms with Gasteiger partial charge >= 0.3 is 0 Å². The van der Waals surface area contributed by atoms with Crippen LogP contribution in [0.3, 0.4) is 0 Å². The van der Waals surface area contributed by atoms with Gasteiger partial charge in [-0.05, 0) is 25.1 Å². The minimum absolute atomic E-state index is 0.362. The van der Waals surface area contributed by atoms with Crippen molar-refractivity contribution in [2.24, 2.45) is 0 Å². The Morgan fingerprint density at radius 2 is 1.64 bits per heavy atom.